The number of piperidine rings is 1. The van der Waals surface area contributed by atoms with Gasteiger partial charge in [0, 0.05) is 52.9 Å². The first-order chi connectivity index (χ1) is 8.38. The number of ether oxygens (including phenoxy) is 1. The van der Waals surface area contributed by atoms with Crippen LogP contribution < -0.4 is 5.32 Å². The lowest BCUT2D eigenvalue weighted by molar-refractivity contribution is 0.0832. The van der Waals surface area contributed by atoms with Crippen LogP contribution in [0.2, 0.25) is 0 Å². The van der Waals surface area contributed by atoms with Crippen molar-refractivity contribution in [3.63, 3.8) is 0 Å². The van der Waals surface area contributed by atoms with Gasteiger partial charge in [-0.2, -0.15) is 0 Å². The van der Waals surface area contributed by atoms with Crippen molar-refractivity contribution in [3.05, 3.63) is 0 Å². The van der Waals surface area contributed by atoms with Crippen molar-refractivity contribution in [2.24, 2.45) is 5.92 Å². The van der Waals surface area contributed by atoms with Gasteiger partial charge in [-0.15, -0.1) is 0 Å². The van der Waals surface area contributed by atoms with Gasteiger partial charge in [0.25, 0.3) is 0 Å². The van der Waals surface area contributed by atoms with E-state index in [-0.39, 0.29) is 0 Å². The van der Waals surface area contributed by atoms with Crippen molar-refractivity contribution in [1.29, 1.82) is 0 Å². The lowest BCUT2D eigenvalue weighted by Crippen LogP contribution is -2.47. The Morgan fingerprint density at radius 1 is 1.12 bits per heavy atom. The molecule has 2 rings (SSSR count). The summed E-state index contributed by atoms with van der Waals surface area (Å²) in [5.41, 5.74) is 0. The molecule has 0 bridgehead atoms. The van der Waals surface area contributed by atoms with E-state index in [9.17, 15) is 0 Å². The Morgan fingerprint density at radius 2 is 1.88 bits per heavy atom. The summed E-state index contributed by atoms with van der Waals surface area (Å²) in [6, 6.07) is 0. The van der Waals surface area contributed by atoms with Crippen molar-refractivity contribution in [3.8, 4) is 0 Å². The highest BCUT2D eigenvalue weighted by molar-refractivity contribution is 4.75. The van der Waals surface area contributed by atoms with Crippen molar-refractivity contribution < 1.29 is 4.74 Å². The van der Waals surface area contributed by atoms with Gasteiger partial charge in [-0.05, 0) is 25.3 Å². The molecule has 4 nitrogen and oxygen atoms in total. The van der Waals surface area contributed by atoms with E-state index in [0.717, 1.165) is 25.6 Å². The Bertz CT molecular complexity index is 205. The van der Waals surface area contributed by atoms with Crippen LogP contribution >= 0.6 is 0 Å². The van der Waals surface area contributed by atoms with Gasteiger partial charge in [0.05, 0.1) is 6.61 Å². The van der Waals surface area contributed by atoms with Gasteiger partial charge in [0.2, 0.25) is 0 Å². The monoisotopic (exact) mass is 241 g/mol. The molecule has 0 radical (unpaired) electrons. The van der Waals surface area contributed by atoms with Crippen molar-refractivity contribution in [2.45, 2.75) is 12.8 Å². The molecule has 2 aliphatic rings. The van der Waals surface area contributed by atoms with Crippen LogP contribution in [-0.2, 0) is 4.74 Å². The Morgan fingerprint density at radius 3 is 2.65 bits per heavy atom. The van der Waals surface area contributed by atoms with Crippen LogP contribution in [0.25, 0.3) is 0 Å². The number of piperazine rings is 1. The molecule has 2 fully saturated rings. The van der Waals surface area contributed by atoms with E-state index in [4.69, 9.17) is 4.74 Å². The first kappa shape index (κ1) is 13.3. The summed E-state index contributed by atoms with van der Waals surface area (Å²) < 4.78 is 5.28. The van der Waals surface area contributed by atoms with Crippen LogP contribution in [0.4, 0.5) is 0 Å². The Labute approximate surface area is 105 Å². The summed E-state index contributed by atoms with van der Waals surface area (Å²) in [7, 11) is 1.82. The van der Waals surface area contributed by atoms with Gasteiger partial charge in [0.15, 0.2) is 0 Å². The highest BCUT2D eigenvalue weighted by Crippen LogP contribution is 2.16. The first-order valence-electron chi connectivity index (χ1n) is 7.03. The zero-order chi connectivity index (χ0) is 11.9. The molecule has 0 aromatic carbocycles. The molecule has 2 aliphatic heterocycles. The zero-order valence-corrected chi connectivity index (χ0v) is 11.2. The van der Waals surface area contributed by atoms with Gasteiger partial charge >= 0.3 is 0 Å². The maximum absolute atomic E-state index is 5.28. The molecule has 1 N–H and O–H groups in total. The fourth-order valence-electron chi connectivity index (χ4n) is 2.94. The summed E-state index contributed by atoms with van der Waals surface area (Å²) in [6.45, 7) is 10.7. The topological polar surface area (TPSA) is 27.7 Å². The molecule has 0 aromatic heterocycles. The molecule has 1 unspecified atom stereocenters. The normalized spacial score (nSPS) is 28.4. The maximum atomic E-state index is 5.28. The Hall–Kier alpha value is -0.160. The molecule has 100 valence electrons. The van der Waals surface area contributed by atoms with E-state index in [1.54, 1.807) is 0 Å². The fourth-order valence-corrected chi connectivity index (χ4v) is 2.94. The van der Waals surface area contributed by atoms with Crippen LogP contribution in [0.15, 0.2) is 0 Å². The predicted molar refractivity (Wildman–Crippen MR) is 70.3 cm³/mol. The quantitative estimate of drug-likeness (QED) is 0.747. The van der Waals surface area contributed by atoms with E-state index in [2.05, 4.69) is 15.1 Å². The smallest absolute Gasteiger partial charge is 0.0502 e. The molecule has 0 aromatic rings. The van der Waals surface area contributed by atoms with Crippen LogP contribution in [0.1, 0.15) is 12.8 Å². The lowest BCUT2D eigenvalue weighted by atomic mass is 9.99. The molecular formula is C13H27N3O. The predicted octanol–water partition coefficient (Wildman–Crippen LogP) is 0.250. The summed E-state index contributed by atoms with van der Waals surface area (Å²) in [4.78, 5) is 5.20. The van der Waals surface area contributed by atoms with Crippen molar-refractivity contribution in [2.75, 3.05) is 66.1 Å². The summed E-state index contributed by atoms with van der Waals surface area (Å²) >= 11 is 0. The maximum Gasteiger partial charge on any atom is 0.0502 e. The minimum absolute atomic E-state index is 0.761. The molecule has 0 amide bonds. The number of hydrogen-bond acceptors (Lipinski definition) is 4. The summed E-state index contributed by atoms with van der Waals surface area (Å²) in [5, 5.41) is 3.40. The molecule has 2 heterocycles. The van der Waals surface area contributed by atoms with E-state index in [1.165, 1.54) is 52.1 Å². The second-order valence-corrected chi connectivity index (χ2v) is 5.36. The number of nitrogens with zero attached hydrogens (tertiary/aromatic N) is 2. The lowest BCUT2D eigenvalue weighted by Gasteiger charge is -2.35. The molecule has 0 spiro atoms. The molecule has 17 heavy (non-hydrogen) atoms. The van der Waals surface area contributed by atoms with Gasteiger partial charge < -0.3 is 15.0 Å². The zero-order valence-electron chi connectivity index (χ0n) is 11.2. The summed E-state index contributed by atoms with van der Waals surface area (Å²) in [5.74, 6) is 0.761. The summed E-state index contributed by atoms with van der Waals surface area (Å²) in [6.07, 6.45) is 2.69. The third-order valence-electron chi connectivity index (χ3n) is 3.95. The second kappa shape index (κ2) is 7.31. The van der Waals surface area contributed by atoms with E-state index in [1.807, 2.05) is 7.11 Å². The Balaban J connectivity index is 1.64. The van der Waals surface area contributed by atoms with Crippen molar-refractivity contribution >= 4 is 0 Å². The third kappa shape index (κ3) is 4.54. The molecule has 0 aliphatic carbocycles. The molecule has 0 saturated carbocycles. The average molecular weight is 241 g/mol. The number of hydrogen-bond donors (Lipinski definition) is 1. The van der Waals surface area contributed by atoms with E-state index in [0.29, 0.717) is 0 Å². The SMILES string of the molecule is COCC1CCCN(CCN2CCNCC2)C1. The van der Waals surface area contributed by atoms with E-state index < -0.39 is 0 Å². The van der Waals surface area contributed by atoms with Gasteiger partial charge in [0.1, 0.15) is 0 Å². The molecule has 4 heteroatoms. The molecular weight excluding hydrogens is 214 g/mol. The van der Waals surface area contributed by atoms with Gasteiger partial charge in [-0.1, -0.05) is 0 Å². The largest absolute Gasteiger partial charge is 0.384 e. The number of likely N-dealkylation sites (tertiary alicyclic amines) is 1. The second-order valence-electron chi connectivity index (χ2n) is 5.36. The standard InChI is InChI=1S/C13H27N3O/c1-17-12-13-3-2-6-16(11-13)10-9-15-7-4-14-5-8-15/h13-14H,2-12H2,1H3. The third-order valence-corrected chi connectivity index (χ3v) is 3.95. The van der Waals surface area contributed by atoms with E-state index >= 15 is 0 Å². The highest BCUT2D eigenvalue weighted by atomic mass is 16.5. The van der Waals surface area contributed by atoms with Crippen LogP contribution in [0.3, 0.4) is 0 Å². The van der Waals surface area contributed by atoms with Crippen LogP contribution in [0, 0.1) is 5.92 Å². The average Bonchev–Trinajstić information content (AvgIpc) is 2.39. The Kier molecular flexibility index (Phi) is 5.71. The fraction of sp³-hybridized carbons (Fsp3) is 1.00. The number of nitrogens with one attached hydrogen (secondary N) is 1. The molecule has 1 atom stereocenters. The van der Waals surface area contributed by atoms with Crippen LogP contribution in [0.5, 0.6) is 0 Å². The number of rotatable bonds is 5. The van der Waals surface area contributed by atoms with Gasteiger partial charge in [-0.25, -0.2) is 0 Å². The highest BCUT2D eigenvalue weighted by Gasteiger charge is 2.20. The first-order valence-corrected chi connectivity index (χ1v) is 7.03. The molecule has 2 saturated heterocycles. The minimum atomic E-state index is 0.761. The minimum Gasteiger partial charge on any atom is -0.384 e. The number of methoxy groups -OCH3 is 1. The van der Waals surface area contributed by atoms with Crippen molar-refractivity contribution in [1.82, 2.24) is 15.1 Å². The van der Waals surface area contributed by atoms with Crippen LogP contribution in [-0.4, -0.2) is 75.9 Å². The van der Waals surface area contributed by atoms with Gasteiger partial charge in [-0.3, -0.25) is 4.90 Å².